The number of nitrogens with zero attached hydrogens (tertiary/aromatic N) is 12. The van der Waals surface area contributed by atoms with E-state index in [4.69, 9.17) is 24.5 Å². The number of ketones is 4. The summed E-state index contributed by atoms with van der Waals surface area (Å²) >= 11 is 14.8. The number of nitrogens with one attached hydrogen (secondary N) is 3. The van der Waals surface area contributed by atoms with Gasteiger partial charge in [-0.2, -0.15) is 0 Å². The van der Waals surface area contributed by atoms with Crippen LogP contribution < -0.4 is 14.9 Å². The summed E-state index contributed by atoms with van der Waals surface area (Å²) in [5.74, 6) is -1.57. The second kappa shape index (κ2) is 57.6. The van der Waals surface area contributed by atoms with Gasteiger partial charge in [0.25, 0.3) is 29.3 Å². The summed E-state index contributed by atoms with van der Waals surface area (Å²) in [6.07, 6.45) is 25.2. The predicted molar refractivity (Wildman–Crippen MR) is 597 cm³/mol. The quantitative estimate of drug-likeness (QED) is 0.0245. The molecular formula is C112H115BBr4ClN15O14RuS. The zero-order valence-corrected chi connectivity index (χ0v) is 95.2. The average Bonchev–Trinajstić information content (AvgIpc) is 1.61. The molecule has 774 valence electrons. The van der Waals surface area contributed by atoms with Gasteiger partial charge in [0.05, 0.1) is 25.4 Å². The second-order valence-corrected chi connectivity index (χ2v) is 40.6. The van der Waals surface area contributed by atoms with E-state index in [0.717, 1.165) is 97.1 Å². The van der Waals surface area contributed by atoms with Crippen molar-refractivity contribution in [1.29, 1.82) is 0 Å². The Morgan fingerprint density at radius 3 is 1.27 bits per heavy atom. The fraction of sp³-hybridized carbons (Fsp3) is 0.214. The van der Waals surface area contributed by atoms with Crippen LogP contribution in [-0.4, -0.2) is 194 Å². The number of ether oxygens (including phenoxy) is 2. The fourth-order valence-electron chi connectivity index (χ4n) is 14.0. The number of fused-ring (bicyclic) bond motifs is 2. The molecule has 1 saturated heterocycles. The van der Waals surface area contributed by atoms with Crippen LogP contribution >= 0.6 is 73.4 Å². The first-order valence-corrected chi connectivity index (χ1v) is 52.6. The molecule has 1 aliphatic rings. The van der Waals surface area contributed by atoms with Gasteiger partial charge in [0.15, 0.2) is 11.9 Å². The molecule has 6 aromatic carbocycles. The van der Waals surface area contributed by atoms with Crippen LogP contribution in [-0.2, 0) is 55.8 Å². The number of carbonyl (C=O) groups is 7. The van der Waals surface area contributed by atoms with E-state index < -0.39 is 87.4 Å². The van der Waals surface area contributed by atoms with E-state index in [-0.39, 0.29) is 29.0 Å². The summed E-state index contributed by atoms with van der Waals surface area (Å²) < 4.78 is 56.2. The number of hydrogen-bond donors (Lipinski definition) is 3. The number of halogens is 5. The molecule has 11 heterocycles. The third-order valence-corrected chi connectivity index (χ3v) is 25.9. The van der Waals surface area contributed by atoms with E-state index in [0.29, 0.717) is 32.5 Å². The maximum atomic E-state index is 12.8. The molecule has 0 unspecified atom stereocenters. The van der Waals surface area contributed by atoms with Gasteiger partial charge < -0.3 is 66.4 Å². The molecule has 1 aliphatic heterocycles. The van der Waals surface area contributed by atoms with E-state index >= 15 is 0 Å². The number of aliphatic hydroxyl groups is 1. The van der Waals surface area contributed by atoms with Crippen LogP contribution in [0.15, 0.2) is 328 Å². The number of sulfonamides is 1. The van der Waals surface area contributed by atoms with Crippen LogP contribution in [0, 0.1) is 28.2 Å². The van der Waals surface area contributed by atoms with Crippen molar-refractivity contribution < 1.29 is 83.2 Å². The maximum absolute atomic E-state index is 12.8. The Balaban J connectivity index is 0.000000215. The molecule has 4 N–H and O–H groups in total. The summed E-state index contributed by atoms with van der Waals surface area (Å²) in [5.41, 5.74) is 24.3. The van der Waals surface area contributed by atoms with Crippen LogP contribution in [0.4, 0.5) is 0 Å². The number of rotatable bonds is 22. The standard InChI is InChI=1S/C23H22N4O3.C23H20N4O3.C21H20N2O2S.C14H18BNO4.C10H14.C9H9BrN2O2.C6H6BrN.C5H3Br2N.CH3.ClH.Ru/c2*1-27(2)23(29)21(28)16-8-14(10-24-11-16)15-9-18-19(13-26-22(18)25-12-15)17-6-4-5-7-20(17)30-3;1-16-12-14-19(15-13-16)26(24,25)23-21(18-10-6-3-7-11-18)20(22)17-8-4-2-5-9-17;1-9(17)12(18)10-6-11(8-16-7-10)15-19-13(2,3)14(4,5)20-15;1-8(2)10-6-4-9(3)5-7-10;1-12(2)9(14)8(13)6-3-7(10)5-11-4-6;1-5-2-6(7)4-8-3-5;6-4-1-5(7)3-8-2-4;;;/h4-13,21,28H,1-3H3,(H,25,26);4-13H,1-3H3,(H,25,26);2-15,20-22H,1H3;6-8H,1-5H3;4-8H,1-3H3;3-5H,1-2H3;2-4H,1H3;1-3H;1H3;1H;/q;;-2;;;;;;-1;;+4/p-1/t21-;;20-,21-;;;;;;;;/m0.0......../s1. The number of amides is 3. The second-order valence-electron chi connectivity index (χ2n) is 35.3. The number of aryl methyl sites for hydroxylation is 3. The minimum absolute atomic E-state index is 0. The van der Waals surface area contributed by atoms with E-state index in [1.165, 1.54) is 77.2 Å². The SMILES string of the molecule is Brc1cncc(Br)c1.CC(=O)C(=O)c1cncc(B2OC(C)(C)C(C)(C)O2)c1.CN(C)C(=O)C(=O)c1cncc(Br)c1.COc1ccccc1-c1c[nH]c2ncc(-c3cncc(C(=O)C(=O)N(C)C)c3)cc12.COc1ccccc1-c1c[nH]c2ncc(-c3cncc([C@H](O)C(=O)N(C)C)c3)cc12.Cc1ccc(C(C)C)cc1.Cc1ccc(S(=O)(=O)[N-][C@@H](c2ccccc2)[C@@H]([NH-])c2ccccc2)cc1.Cc1cncc(Br)c1.[CH3-].[Cl][Ru+3]. The molecule has 17 rings (SSSR count). The molecule has 3 amide bonds. The van der Waals surface area contributed by atoms with Crippen molar-refractivity contribution in [3.8, 4) is 56.0 Å². The Kier molecular flexibility index (Phi) is 46.9. The summed E-state index contributed by atoms with van der Waals surface area (Å²) in [4.78, 5) is 126. The van der Waals surface area contributed by atoms with Crippen molar-refractivity contribution in [2.45, 2.75) is 109 Å². The van der Waals surface area contributed by atoms with Gasteiger partial charge in [-0.05, 0) is 202 Å². The van der Waals surface area contributed by atoms with Crippen molar-refractivity contribution in [1.82, 2.24) is 64.5 Å². The van der Waals surface area contributed by atoms with E-state index in [1.807, 2.05) is 211 Å². The Morgan fingerprint density at radius 1 is 0.450 bits per heavy atom. The van der Waals surface area contributed by atoms with Crippen LogP contribution in [0.2, 0.25) is 0 Å². The van der Waals surface area contributed by atoms with Gasteiger partial charge in [-0.25, -0.2) is 18.4 Å². The van der Waals surface area contributed by atoms with Crippen molar-refractivity contribution in [2.24, 2.45) is 0 Å². The number of para-hydroxylation sites is 2. The number of carbonyl (C=O) groups excluding carboxylic acids is 7. The molecule has 149 heavy (non-hydrogen) atoms. The van der Waals surface area contributed by atoms with Gasteiger partial charge in [0.2, 0.25) is 5.78 Å². The van der Waals surface area contributed by atoms with Crippen LogP contribution in [0.3, 0.4) is 0 Å². The Hall–Kier alpha value is -13.1. The molecular weight excluding hydrogens is 2280 g/mol. The van der Waals surface area contributed by atoms with Crippen LogP contribution in [0.1, 0.15) is 143 Å². The van der Waals surface area contributed by atoms with Gasteiger partial charge in [-0.15, -0.1) is 12.1 Å². The van der Waals surface area contributed by atoms with E-state index in [1.54, 1.807) is 147 Å². The molecule has 0 radical (unpaired) electrons. The molecule has 3 atom stereocenters. The number of hydrogen-bond acceptors (Lipinski definition) is 22. The van der Waals surface area contributed by atoms with E-state index in [9.17, 15) is 47.1 Å². The van der Waals surface area contributed by atoms with Crippen LogP contribution in [0.25, 0.3) is 77.0 Å². The third-order valence-electron chi connectivity index (χ3n) is 22.8. The number of methoxy groups -OCH3 is 2. The van der Waals surface area contributed by atoms with Gasteiger partial charge in [0, 0.05) is 254 Å². The molecule has 0 spiro atoms. The number of pyridine rings is 8. The van der Waals surface area contributed by atoms with Gasteiger partial charge >= 0.3 is 34.1 Å². The number of aromatic nitrogens is 10. The zero-order chi connectivity index (χ0) is 108. The molecule has 29 nitrogen and oxygen atoms in total. The van der Waals surface area contributed by atoms with Crippen molar-refractivity contribution in [3.05, 3.63) is 397 Å². The van der Waals surface area contributed by atoms with Gasteiger partial charge in [-0.1, -0.05) is 170 Å². The van der Waals surface area contributed by atoms with Crippen molar-refractivity contribution in [3.63, 3.8) is 0 Å². The molecule has 10 aromatic heterocycles. The monoisotopic (exact) mass is 2390 g/mol. The first-order valence-electron chi connectivity index (χ1n) is 45.8. The summed E-state index contributed by atoms with van der Waals surface area (Å²) in [6, 6.07) is 62.1. The Labute approximate surface area is 917 Å². The Bertz CT molecular complexity index is 7260. The third kappa shape index (κ3) is 34.5. The first-order chi connectivity index (χ1) is 70.4. The van der Waals surface area contributed by atoms with Gasteiger partial charge in [0.1, 0.15) is 32.8 Å². The fourth-order valence-corrected chi connectivity index (χ4v) is 17.1. The number of aromatic amines is 2. The minimum atomic E-state index is -3.87. The number of H-pyrrole nitrogens is 2. The van der Waals surface area contributed by atoms with Crippen LogP contribution in [0.5, 0.6) is 11.5 Å². The zero-order valence-electron chi connectivity index (χ0n) is 85.5. The molecule has 0 bridgehead atoms. The molecule has 16 aromatic rings. The summed E-state index contributed by atoms with van der Waals surface area (Å²) in [5, 5.41) is 12.2. The van der Waals surface area contributed by atoms with Crippen molar-refractivity contribution >= 4 is 159 Å². The number of Topliss-reactive ketones (excluding diaryl/α,β-unsaturated/α-hetero) is 4. The molecule has 1 fully saturated rings. The van der Waals surface area contributed by atoms with Crippen molar-refractivity contribution in [2.75, 3.05) is 56.5 Å². The molecule has 37 heteroatoms. The topological polar surface area (TPSA) is 393 Å². The van der Waals surface area contributed by atoms with Gasteiger partial charge in [-0.3, -0.25) is 63.5 Å². The number of aliphatic hydroxyl groups excluding tert-OH is 1. The number of likely N-dealkylation sites (N-methyl/N-ethyl adjacent to an activating group) is 3. The summed E-state index contributed by atoms with van der Waals surface area (Å²) in [6.45, 7) is 19.5. The first kappa shape index (κ1) is 121. The summed E-state index contributed by atoms with van der Waals surface area (Å²) in [7, 11) is 12.8. The normalized spacial score (nSPS) is 12.3. The predicted octanol–water partition coefficient (Wildman–Crippen LogP) is 23.9. The van der Waals surface area contributed by atoms with E-state index in [2.05, 4.69) is 173 Å². The Morgan fingerprint density at radius 2 is 0.846 bits per heavy atom. The number of benzene rings is 6. The average molecular weight is 2390 g/mol. The molecule has 0 saturated carbocycles. The molecule has 0 aliphatic carbocycles.